The van der Waals surface area contributed by atoms with Gasteiger partial charge in [-0.2, -0.15) is 0 Å². The molecule has 31 heavy (non-hydrogen) atoms. The number of benzene rings is 1. The highest BCUT2D eigenvalue weighted by Crippen LogP contribution is 2.54. The summed E-state index contributed by atoms with van der Waals surface area (Å²) in [4.78, 5) is 10.6. The van der Waals surface area contributed by atoms with Crippen LogP contribution in [0.1, 0.15) is 94.3 Å². The summed E-state index contributed by atoms with van der Waals surface area (Å²) in [7, 11) is 0. The summed E-state index contributed by atoms with van der Waals surface area (Å²) in [5.41, 5.74) is 2.02. The van der Waals surface area contributed by atoms with Crippen LogP contribution in [-0.4, -0.2) is 32.8 Å². The number of aliphatic hydroxyl groups excluding tert-OH is 2. The third-order valence-electron chi connectivity index (χ3n) is 7.43. The number of rotatable bonds is 11. The van der Waals surface area contributed by atoms with Gasteiger partial charge in [0.05, 0.1) is 12.2 Å². The lowest BCUT2D eigenvalue weighted by Crippen LogP contribution is -2.36. The van der Waals surface area contributed by atoms with Crippen LogP contribution in [0, 0.1) is 11.3 Å². The van der Waals surface area contributed by atoms with Gasteiger partial charge in [0.1, 0.15) is 0 Å². The first-order valence-electron chi connectivity index (χ1n) is 11.8. The molecule has 0 amide bonds. The van der Waals surface area contributed by atoms with E-state index in [0.717, 1.165) is 49.7 Å². The Morgan fingerprint density at radius 2 is 2.10 bits per heavy atom. The minimum absolute atomic E-state index is 0.00871. The molecular weight excluding hydrogens is 412 g/mol. The lowest BCUT2D eigenvalue weighted by Gasteiger charge is -2.46. The van der Waals surface area contributed by atoms with Crippen LogP contribution in [0.15, 0.2) is 36.4 Å². The second kappa shape index (κ2) is 11.0. The maximum atomic E-state index is 11.2. The fraction of sp³-hybridized carbons (Fsp3) is 0.654. The Bertz CT molecular complexity index is 758. The van der Waals surface area contributed by atoms with Crippen molar-refractivity contribution >= 4 is 17.6 Å². The first kappa shape index (κ1) is 24.3. The number of unbranched alkanes of at least 4 members (excludes halogenated alkanes) is 1. The molecule has 5 heteroatoms. The van der Waals surface area contributed by atoms with Gasteiger partial charge in [-0.05, 0) is 62.0 Å². The normalized spacial score (nSPS) is 28.5. The third-order valence-corrected chi connectivity index (χ3v) is 7.93. The molecular formula is C26H37ClO4. The van der Waals surface area contributed by atoms with Crippen molar-refractivity contribution in [2.45, 2.75) is 94.6 Å². The summed E-state index contributed by atoms with van der Waals surface area (Å²) in [6.45, 7) is 2.18. The number of carboxylic acid groups (broad SMARTS) is 1. The summed E-state index contributed by atoms with van der Waals surface area (Å²) in [6.07, 6.45) is 11.5. The highest BCUT2D eigenvalue weighted by atomic mass is 35.5. The lowest BCUT2D eigenvalue weighted by molar-refractivity contribution is -0.137. The van der Waals surface area contributed by atoms with Gasteiger partial charge in [-0.1, -0.05) is 56.2 Å². The Morgan fingerprint density at radius 1 is 1.32 bits per heavy atom. The highest BCUT2D eigenvalue weighted by Gasteiger charge is 2.44. The van der Waals surface area contributed by atoms with E-state index in [0.29, 0.717) is 12.8 Å². The number of carboxylic acids is 1. The van der Waals surface area contributed by atoms with Gasteiger partial charge in [0, 0.05) is 23.1 Å². The van der Waals surface area contributed by atoms with Gasteiger partial charge >= 0.3 is 5.97 Å². The van der Waals surface area contributed by atoms with Crippen molar-refractivity contribution in [1.82, 2.24) is 0 Å². The van der Waals surface area contributed by atoms with Gasteiger partial charge < -0.3 is 15.3 Å². The van der Waals surface area contributed by atoms with Crippen molar-refractivity contribution in [3.63, 3.8) is 0 Å². The molecule has 0 saturated heterocycles. The fourth-order valence-electron chi connectivity index (χ4n) is 5.65. The SMILES string of the molecule is CCCC1(C(O)c2cccc([C@@H]3[C@@H](CC=CCCCC(=O)O)[C@H](Cl)C[C@H]3O)c2)CCC1. The Hall–Kier alpha value is -1.36. The quantitative estimate of drug-likeness (QED) is 0.221. The first-order chi connectivity index (χ1) is 14.9. The number of halogens is 1. The van der Waals surface area contributed by atoms with Crippen LogP contribution in [0.2, 0.25) is 0 Å². The van der Waals surface area contributed by atoms with Crippen LogP contribution in [0.25, 0.3) is 0 Å². The second-order valence-corrected chi connectivity index (χ2v) is 10.1. The molecule has 2 aliphatic carbocycles. The standard InChI is InChI=1S/C26H37ClO4/c1-2-13-26(14-8-15-26)25(31)19-10-7-9-18(16-19)24-20(21(27)17-22(24)28)11-5-3-4-6-12-23(29)30/h3,5,7,9-10,16,20-22,24-25,28,31H,2,4,6,8,11-15,17H2,1H3,(H,29,30)/t20-,21+,22+,24+,25?/m0/s1. The molecule has 2 fully saturated rings. The molecule has 3 N–H and O–H groups in total. The van der Waals surface area contributed by atoms with Crippen molar-refractivity contribution in [2.24, 2.45) is 11.3 Å². The Balaban J connectivity index is 1.71. The third kappa shape index (κ3) is 5.71. The van der Waals surface area contributed by atoms with E-state index >= 15 is 0 Å². The molecule has 0 aromatic heterocycles. The minimum atomic E-state index is -0.766. The van der Waals surface area contributed by atoms with E-state index < -0.39 is 18.2 Å². The molecule has 0 bridgehead atoms. The number of hydrogen-bond donors (Lipinski definition) is 3. The van der Waals surface area contributed by atoms with Gasteiger partial charge in [-0.15, -0.1) is 11.6 Å². The smallest absolute Gasteiger partial charge is 0.303 e. The molecule has 1 aromatic rings. The van der Waals surface area contributed by atoms with Crippen LogP contribution >= 0.6 is 11.6 Å². The number of carbonyl (C=O) groups is 1. The van der Waals surface area contributed by atoms with Crippen molar-refractivity contribution in [3.05, 3.63) is 47.5 Å². The average molecular weight is 449 g/mol. The Labute approximate surface area is 191 Å². The second-order valence-electron chi connectivity index (χ2n) is 9.54. The van der Waals surface area contributed by atoms with Gasteiger partial charge in [-0.25, -0.2) is 0 Å². The van der Waals surface area contributed by atoms with Gasteiger partial charge in [-0.3, -0.25) is 4.79 Å². The van der Waals surface area contributed by atoms with Crippen LogP contribution in [-0.2, 0) is 4.79 Å². The summed E-state index contributed by atoms with van der Waals surface area (Å²) in [5.74, 6) is -0.701. The van der Waals surface area contributed by atoms with Gasteiger partial charge in [0.15, 0.2) is 0 Å². The summed E-state index contributed by atoms with van der Waals surface area (Å²) in [6, 6.07) is 8.16. The van der Waals surface area contributed by atoms with Crippen molar-refractivity contribution in [1.29, 1.82) is 0 Å². The maximum Gasteiger partial charge on any atom is 0.303 e. The maximum absolute atomic E-state index is 11.2. The fourth-order valence-corrected chi connectivity index (χ4v) is 6.09. The van der Waals surface area contributed by atoms with Crippen LogP contribution in [0.5, 0.6) is 0 Å². The van der Waals surface area contributed by atoms with E-state index in [4.69, 9.17) is 16.7 Å². The minimum Gasteiger partial charge on any atom is -0.481 e. The number of allylic oxidation sites excluding steroid dienone is 2. The summed E-state index contributed by atoms with van der Waals surface area (Å²) in [5, 5.41) is 30.6. The molecule has 1 unspecified atom stereocenters. The zero-order valence-electron chi connectivity index (χ0n) is 18.5. The number of aliphatic hydroxyl groups is 2. The van der Waals surface area contributed by atoms with E-state index in [1.165, 1.54) is 6.42 Å². The molecule has 0 spiro atoms. The molecule has 5 atom stereocenters. The monoisotopic (exact) mass is 448 g/mol. The first-order valence-corrected chi connectivity index (χ1v) is 12.3. The van der Waals surface area contributed by atoms with E-state index in [-0.39, 0.29) is 29.0 Å². The molecule has 0 aliphatic heterocycles. The molecule has 1 aromatic carbocycles. The molecule has 172 valence electrons. The topological polar surface area (TPSA) is 77.8 Å². The van der Waals surface area contributed by atoms with E-state index in [9.17, 15) is 15.0 Å². The predicted octanol–water partition coefficient (Wildman–Crippen LogP) is 5.96. The Kier molecular flexibility index (Phi) is 8.60. The summed E-state index contributed by atoms with van der Waals surface area (Å²) >= 11 is 6.63. The van der Waals surface area contributed by atoms with Crippen molar-refractivity contribution < 1.29 is 20.1 Å². The molecule has 0 heterocycles. The predicted molar refractivity (Wildman–Crippen MR) is 124 cm³/mol. The molecule has 4 nitrogen and oxygen atoms in total. The molecule has 2 aliphatic rings. The molecule has 2 saturated carbocycles. The number of aliphatic carboxylic acids is 1. The van der Waals surface area contributed by atoms with Gasteiger partial charge in [0.2, 0.25) is 0 Å². The lowest BCUT2D eigenvalue weighted by atomic mass is 9.61. The largest absolute Gasteiger partial charge is 0.481 e. The van der Waals surface area contributed by atoms with E-state index in [2.05, 4.69) is 25.1 Å². The van der Waals surface area contributed by atoms with Crippen LogP contribution in [0.4, 0.5) is 0 Å². The Morgan fingerprint density at radius 3 is 2.74 bits per heavy atom. The van der Waals surface area contributed by atoms with Crippen LogP contribution in [0.3, 0.4) is 0 Å². The average Bonchev–Trinajstić information content (AvgIpc) is 2.99. The molecule has 3 rings (SSSR count). The summed E-state index contributed by atoms with van der Waals surface area (Å²) < 4.78 is 0. The molecule has 0 radical (unpaired) electrons. The number of alkyl halides is 1. The zero-order chi connectivity index (χ0) is 22.4. The van der Waals surface area contributed by atoms with Gasteiger partial charge in [0.25, 0.3) is 0 Å². The van der Waals surface area contributed by atoms with Crippen LogP contribution < -0.4 is 0 Å². The van der Waals surface area contributed by atoms with E-state index in [1.807, 2.05) is 18.2 Å². The number of hydrogen-bond acceptors (Lipinski definition) is 3. The highest BCUT2D eigenvalue weighted by molar-refractivity contribution is 6.21. The van der Waals surface area contributed by atoms with Crippen molar-refractivity contribution in [2.75, 3.05) is 0 Å². The zero-order valence-corrected chi connectivity index (χ0v) is 19.3. The van der Waals surface area contributed by atoms with Crippen molar-refractivity contribution in [3.8, 4) is 0 Å². The van der Waals surface area contributed by atoms with E-state index in [1.54, 1.807) is 0 Å².